The molecule has 2 aromatic carbocycles. The first-order valence-electron chi connectivity index (χ1n) is 10.7. The van der Waals surface area contributed by atoms with Crippen LogP contribution in [0.15, 0.2) is 53.5 Å². The van der Waals surface area contributed by atoms with E-state index in [9.17, 15) is 9.59 Å². The number of hydrogen-bond acceptors (Lipinski definition) is 2. The van der Waals surface area contributed by atoms with Crippen LogP contribution in [0.25, 0.3) is 21.9 Å². The molecular formula is C24H25ClN4O2. The minimum Gasteiger partial charge on any atom is -0.344 e. The summed E-state index contributed by atoms with van der Waals surface area (Å²) < 4.78 is 3.95. The Labute approximate surface area is 185 Å². The summed E-state index contributed by atoms with van der Waals surface area (Å²) in [6.07, 6.45) is 3.45. The molecule has 1 aliphatic rings. The quantitative estimate of drug-likeness (QED) is 0.491. The molecule has 0 atom stereocenters. The maximum atomic E-state index is 13.4. The normalized spacial score (nSPS) is 15.4. The first-order valence-corrected chi connectivity index (χ1v) is 11.1. The number of likely N-dealkylation sites (tertiary alicyclic amines) is 1. The number of fused-ring (bicyclic) bond motifs is 2. The number of carbonyl (C=O) groups is 1. The summed E-state index contributed by atoms with van der Waals surface area (Å²) in [5.74, 6) is 0.0384. The van der Waals surface area contributed by atoms with Crippen LogP contribution in [0.1, 0.15) is 49.1 Å². The van der Waals surface area contributed by atoms with Gasteiger partial charge in [0.05, 0.1) is 22.1 Å². The molecule has 5 rings (SSSR count). The van der Waals surface area contributed by atoms with E-state index in [0.29, 0.717) is 23.7 Å². The summed E-state index contributed by atoms with van der Waals surface area (Å²) in [6, 6.07) is 13.8. The van der Waals surface area contributed by atoms with Crippen LogP contribution in [0.3, 0.4) is 0 Å². The van der Waals surface area contributed by atoms with Gasteiger partial charge in [0.2, 0.25) is 0 Å². The van der Waals surface area contributed by atoms with Crippen LogP contribution in [0, 0.1) is 0 Å². The van der Waals surface area contributed by atoms with Crippen LogP contribution in [-0.2, 0) is 0 Å². The van der Waals surface area contributed by atoms with E-state index in [1.807, 2.05) is 58.1 Å². The number of aromatic nitrogens is 3. The van der Waals surface area contributed by atoms with Gasteiger partial charge in [-0.2, -0.15) is 0 Å². The van der Waals surface area contributed by atoms with Crippen molar-refractivity contribution in [1.82, 2.24) is 19.0 Å². The second-order valence-electron chi connectivity index (χ2n) is 8.55. The summed E-state index contributed by atoms with van der Waals surface area (Å²) in [5.41, 5.74) is 3.39. The minimum absolute atomic E-state index is 0.0384. The van der Waals surface area contributed by atoms with Crippen LogP contribution >= 0.6 is 11.6 Å². The van der Waals surface area contributed by atoms with Crippen molar-refractivity contribution in [3.8, 4) is 0 Å². The standard InChI is InChI=1S/C24H25ClN4O2/c1-15(2)28-14-19(18-8-7-16(25)13-22(18)28)23(30)27-11-9-17(10-12-27)29-21-6-4-3-5-20(21)26-24(29)31/h3-8,13-15,17H,9-12H2,1-2H3,(H,26,31). The molecule has 1 saturated heterocycles. The second kappa shape index (κ2) is 7.61. The van der Waals surface area contributed by atoms with Crippen molar-refractivity contribution in [2.45, 2.75) is 38.8 Å². The molecule has 160 valence electrons. The molecule has 1 N–H and O–H groups in total. The third kappa shape index (κ3) is 3.35. The Morgan fingerprint density at radius 2 is 1.84 bits per heavy atom. The molecule has 0 unspecified atom stereocenters. The lowest BCUT2D eigenvalue weighted by Gasteiger charge is -2.32. The third-order valence-electron chi connectivity index (χ3n) is 6.32. The highest BCUT2D eigenvalue weighted by Gasteiger charge is 2.28. The van der Waals surface area contributed by atoms with Crippen LogP contribution in [-0.4, -0.2) is 38.0 Å². The Hall–Kier alpha value is -2.99. The average molecular weight is 437 g/mol. The first-order chi connectivity index (χ1) is 14.9. The molecular weight excluding hydrogens is 412 g/mol. The number of amides is 1. The van der Waals surface area contributed by atoms with Crippen molar-refractivity contribution in [2.75, 3.05) is 13.1 Å². The Balaban J connectivity index is 1.41. The van der Waals surface area contributed by atoms with Crippen molar-refractivity contribution in [3.05, 3.63) is 69.7 Å². The number of aromatic amines is 1. The van der Waals surface area contributed by atoms with E-state index in [1.165, 1.54) is 0 Å². The number of carbonyl (C=O) groups excluding carboxylic acids is 1. The Morgan fingerprint density at radius 3 is 2.58 bits per heavy atom. The molecule has 2 aromatic heterocycles. The van der Waals surface area contributed by atoms with Crippen molar-refractivity contribution in [1.29, 1.82) is 0 Å². The summed E-state index contributed by atoms with van der Waals surface area (Å²) in [5, 5.41) is 1.59. The SMILES string of the molecule is CC(C)n1cc(C(=O)N2CCC(n3c(=O)[nH]c4ccccc43)CC2)c2ccc(Cl)cc21. The number of rotatable bonds is 3. The van der Waals surface area contributed by atoms with Gasteiger partial charge < -0.3 is 14.5 Å². The van der Waals surface area contributed by atoms with E-state index in [0.717, 1.165) is 34.8 Å². The van der Waals surface area contributed by atoms with Gasteiger partial charge in [0.25, 0.3) is 5.91 Å². The predicted octanol–water partition coefficient (Wildman–Crippen LogP) is 5.00. The van der Waals surface area contributed by atoms with Gasteiger partial charge in [-0.25, -0.2) is 4.79 Å². The molecule has 1 amide bonds. The van der Waals surface area contributed by atoms with Gasteiger partial charge in [0.1, 0.15) is 0 Å². The smallest absolute Gasteiger partial charge is 0.326 e. The van der Waals surface area contributed by atoms with E-state index >= 15 is 0 Å². The zero-order chi connectivity index (χ0) is 21.7. The lowest BCUT2D eigenvalue weighted by atomic mass is 10.0. The van der Waals surface area contributed by atoms with Gasteiger partial charge in [0, 0.05) is 41.8 Å². The van der Waals surface area contributed by atoms with E-state index in [1.54, 1.807) is 0 Å². The molecule has 1 fully saturated rings. The number of nitrogens with one attached hydrogen (secondary N) is 1. The fourth-order valence-electron chi connectivity index (χ4n) is 4.76. The van der Waals surface area contributed by atoms with Crippen LogP contribution < -0.4 is 5.69 Å². The molecule has 0 saturated carbocycles. The lowest BCUT2D eigenvalue weighted by Crippen LogP contribution is -2.40. The van der Waals surface area contributed by atoms with Crippen molar-refractivity contribution >= 4 is 39.4 Å². The summed E-state index contributed by atoms with van der Waals surface area (Å²) in [6.45, 7) is 5.44. The summed E-state index contributed by atoms with van der Waals surface area (Å²) in [4.78, 5) is 30.8. The van der Waals surface area contributed by atoms with Crippen molar-refractivity contribution in [3.63, 3.8) is 0 Å². The molecule has 31 heavy (non-hydrogen) atoms. The average Bonchev–Trinajstić information content (AvgIpc) is 3.30. The fraction of sp³-hybridized carbons (Fsp3) is 0.333. The van der Waals surface area contributed by atoms with Gasteiger partial charge in [-0.3, -0.25) is 9.36 Å². The van der Waals surface area contributed by atoms with E-state index in [4.69, 9.17) is 11.6 Å². The molecule has 3 heterocycles. The van der Waals surface area contributed by atoms with Crippen LogP contribution in [0.5, 0.6) is 0 Å². The van der Waals surface area contributed by atoms with Gasteiger partial charge in [-0.1, -0.05) is 29.8 Å². The van der Waals surface area contributed by atoms with E-state index in [2.05, 4.69) is 23.4 Å². The maximum absolute atomic E-state index is 13.4. The molecule has 0 aliphatic carbocycles. The maximum Gasteiger partial charge on any atom is 0.326 e. The Morgan fingerprint density at radius 1 is 1.10 bits per heavy atom. The van der Waals surface area contributed by atoms with Gasteiger partial charge in [-0.05, 0) is 51.0 Å². The topological polar surface area (TPSA) is 63.0 Å². The number of imidazole rings is 1. The predicted molar refractivity (Wildman–Crippen MR) is 124 cm³/mol. The third-order valence-corrected chi connectivity index (χ3v) is 6.56. The Kier molecular flexibility index (Phi) is 4.89. The van der Waals surface area contributed by atoms with Crippen molar-refractivity contribution in [2.24, 2.45) is 0 Å². The zero-order valence-corrected chi connectivity index (χ0v) is 18.4. The number of halogens is 1. The summed E-state index contributed by atoms with van der Waals surface area (Å²) in [7, 11) is 0. The molecule has 7 heteroatoms. The number of piperidine rings is 1. The lowest BCUT2D eigenvalue weighted by molar-refractivity contribution is 0.0696. The minimum atomic E-state index is -0.0807. The molecule has 6 nitrogen and oxygen atoms in total. The molecule has 1 aliphatic heterocycles. The van der Waals surface area contributed by atoms with Crippen LogP contribution in [0.4, 0.5) is 0 Å². The number of benzene rings is 2. The highest BCUT2D eigenvalue weighted by molar-refractivity contribution is 6.31. The largest absolute Gasteiger partial charge is 0.344 e. The van der Waals surface area contributed by atoms with Gasteiger partial charge in [0.15, 0.2) is 0 Å². The Bertz CT molecular complexity index is 1340. The highest BCUT2D eigenvalue weighted by Crippen LogP contribution is 2.30. The molecule has 4 aromatic rings. The van der Waals surface area contributed by atoms with E-state index < -0.39 is 0 Å². The first kappa shape index (κ1) is 19.9. The molecule has 0 bridgehead atoms. The molecule has 0 spiro atoms. The monoisotopic (exact) mass is 436 g/mol. The van der Waals surface area contributed by atoms with Gasteiger partial charge in [-0.15, -0.1) is 0 Å². The second-order valence-corrected chi connectivity index (χ2v) is 8.98. The van der Waals surface area contributed by atoms with Gasteiger partial charge >= 0.3 is 5.69 Å². The highest BCUT2D eigenvalue weighted by atomic mass is 35.5. The van der Waals surface area contributed by atoms with Crippen LogP contribution in [0.2, 0.25) is 5.02 Å². The number of nitrogens with zero attached hydrogens (tertiary/aromatic N) is 3. The molecule has 0 radical (unpaired) electrons. The number of H-pyrrole nitrogens is 1. The zero-order valence-electron chi connectivity index (χ0n) is 17.6. The summed E-state index contributed by atoms with van der Waals surface area (Å²) >= 11 is 6.21. The van der Waals surface area contributed by atoms with Crippen molar-refractivity contribution < 1.29 is 4.79 Å². The number of para-hydroxylation sites is 2. The fourth-order valence-corrected chi connectivity index (χ4v) is 4.92. The number of hydrogen-bond donors (Lipinski definition) is 1. The van der Waals surface area contributed by atoms with E-state index in [-0.39, 0.29) is 23.7 Å².